The number of para-hydroxylation sites is 1. The Morgan fingerprint density at radius 1 is 1.27 bits per heavy atom. The molecular formula is C20H29N5O. The van der Waals surface area contributed by atoms with Gasteiger partial charge in [0.15, 0.2) is 5.96 Å². The maximum absolute atomic E-state index is 6.07. The van der Waals surface area contributed by atoms with Crippen LogP contribution in [0.2, 0.25) is 0 Å². The highest BCUT2D eigenvalue weighted by atomic mass is 16.5. The number of aliphatic imine (C=N–C) groups is 1. The minimum Gasteiger partial charge on any atom is -0.490 e. The van der Waals surface area contributed by atoms with E-state index >= 15 is 0 Å². The Balaban J connectivity index is 1.38. The van der Waals surface area contributed by atoms with Gasteiger partial charge in [-0.1, -0.05) is 18.2 Å². The molecule has 1 aromatic heterocycles. The van der Waals surface area contributed by atoms with E-state index in [1.165, 1.54) is 5.56 Å². The zero-order valence-corrected chi connectivity index (χ0v) is 15.8. The van der Waals surface area contributed by atoms with Crippen molar-refractivity contribution in [2.45, 2.75) is 38.8 Å². The Bertz CT molecular complexity index is 689. The number of nitrogens with zero attached hydrogens (tertiary/aromatic N) is 4. The molecule has 6 heteroatoms. The molecule has 1 aliphatic rings. The smallest absolute Gasteiger partial charge is 0.193 e. The third-order valence-electron chi connectivity index (χ3n) is 4.61. The Hall–Kier alpha value is -2.50. The number of benzene rings is 1. The molecule has 1 saturated heterocycles. The van der Waals surface area contributed by atoms with Crippen molar-refractivity contribution in [3.63, 3.8) is 0 Å². The zero-order chi connectivity index (χ0) is 18.2. The Morgan fingerprint density at radius 2 is 2.04 bits per heavy atom. The summed E-state index contributed by atoms with van der Waals surface area (Å²) in [6, 6.07) is 10.1. The highest BCUT2D eigenvalue weighted by Gasteiger charge is 2.22. The minimum absolute atomic E-state index is 0.287. The Kier molecular flexibility index (Phi) is 6.52. The monoisotopic (exact) mass is 355 g/mol. The average Bonchev–Trinajstić information content (AvgIpc) is 3.09. The minimum atomic E-state index is 0.287. The van der Waals surface area contributed by atoms with Crippen molar-refractivity contribution in [3.05, 3.63) is 48.3 Å². The zero-order valence-electron chi connectivity index (χ0n) is 15.8. The third kappa shape index (κ3) is 5.25. The van der Waals surface area contributed by atoms with Crippen LogP contribution in [0.15, 0.2) is 47.7 Å². The first-order valence-corrected chi connectivity index (χ1v) is 9.41. The van der Waals surface area contributed by atoms with Crippen LogP contribution in [0.3, 0.4) is 0 Å². The van der Waals surface area contributed by atoms with Crippen molar-refractivity contribution in [3.8, 4) is 5.75 Å². The van der Waals surface area contributed by atoms with Crippen LogP contribution in [0.25, 0.3) is 0 Å². The van der Waals surface area contributed by atoms with Gasteiger partial charge < -0.3 is 15.0 Å². The molecule has 1 aliphatic heterocycles. The lowest BCUT2D eigenvalue weighted by Crippen LogP contribution is -2.47. The van der Waals surface area contributed by atoms with Gasteiger partial charge in [0, 0.05) is 52.3 Å². The van der Waals surface area contributed by atoms with Crippen LogP contribution in [0.4, 0.5) is 0 Å². The van der Waals surface area contributed by atoms with Crippen molar-refractivity contribution in [2.24, 2.45) is 4.99 Å². The topological polar surface area (TPSA) is 54.7 Å². The molecule has 1 aromatic carbocycles. The number of hydrogen-bond acceptors (Lipinski definition) is 3. The summed E-state index contributed by atoms with van der Waals surface area (Å²) in [7, 11) is 1.85. The summed E-state index contributed by atoms with van der Waals surface area (Å²) in [5, 5.41) is 7.79. The summed E-state index contributed by atoms with van der Waals surface area (Å²) in [4.78, 5) is 6.76. The molecule has 0 atom stereocenters. The third-order valence-corrected chi connectivity index (χ3v) is 4.61. The maximum atomic E-state index is 6.07. The summed E-state index contributed by atoms with van der Waals surface area (Å²) in [6.07, 6.45) is 7.31. The van der Waals surface area contributed by atoms with E-state index in [0.29, 0.717) is 0 Å². The first kappa shape index (κ1) is 18.3. The predicted molar refractivity (Wildman–Crippen MR) is 105 cm³/mol. The quantitative estimate of drug-likeness (QED) is 0.492. The number of nitrogens with one attached hydrogen (secondary N) is 1. The molecule has 2 heterocycles. The lowest BCUT2D eigenvalue weighted by molar-refractivity contribution is 0.129. The van der Waals surface area contributed by atoms with Gasteiger partial charge in [-0.05, 0) is 31.0 Å². The molecule has 0 radical (unpaired) electrons. The number of hydrogen-bond donors (Lipinski definition) is 1. The van der Waals surface area contributed by atoms with Gasteiger partial charge >= 0.3 is 0 Å². The lowest BCUT2D eigenvalue weighted by Gasteiger charge is -2.34. The average molecular weight is 355 g/mol. The van der Waals surface area contributed by atoms with E-state index < -0.39 is 0 Å². The van der Waals surface area contributed by atoms with Gasteiger partial charge in [-0.3, -0.25) is 9.67 Å². The maximum Gasteiger partial charge on any atom is 0.193 e. The van der Waals surface area contributed by atoms with Crippen molar-refractivity contribution >= 4 is 5.96 Å². The number of aromatic nitrogens is 2. The lowest BCUT2D eigenvalue weighted by atomic mass is 10.1. The van der Waals surface area contributed by atoms with Crippen molar-refractivity contribution in [2.75, 3.05) is 26.7 Å². The van der Waals surface area contributed by atoms with E-state index in [9.17, 15) is 0 Å². The molecule has 0 bridgehead atoms. The summed E-state index contributed by atoms with van der Waals surface area (Å²) in [6.45, 7) is 5.82. The standard InChI is InChI=1S/C20H29N5O/c1-17-15-23-25(16-17)12-6-11-22-20(21-2)24-13-9-19(10-14-24)26-18-7-4-3-5-8-18/h3-5,7-8,15-16,19H,6,9-14H2,1-2H3,(H,21,22). The van der Waals surface area contributed by atoms with Gasteiger partial charge in [-0.2, -0.15) is 5.10 Å². The van der Waals surface area contributed by atoms with E-state index in [4.69, 9.17) is 4.74 Å². The number of likely N-dealkylation sites (tertiary alicyclic amines) is 1. The van der Waals surface area contributed by atoms with Gasteiger partial charge in [0.2, 0.25) is 0 Å². The van der Waals surface area contributed by atoms with E-state index in [2.05, 4.69) is 33.4 Å². The molecule has 0 unspecified atom stereocenters. The molecule has 26 heavy (non-hydrogen) atoms. The Labute approximate surface area is 155 Å². The van der Waals surface area contributed by atoms with Gasteiger partial charge in [0.25, 0.3) is 0 Å². The fourth-order valence-electron chi connectivity index (χ4n) is 3.24. The molecule has 0 aliphatic carbocycles. The van der Waals surface area contributed by atoms with Crippen LogP contribution in [0.5, 0.6) is 5.75 Å². The molecule has 6 nitrogen and oxygen atoms in total. The molecule has 1 fully saturated rings. The molecular weight excluding hydrogens is 326 g/mol. The Morgan fingerprint density at radius 3 is 2.69 bits per heavy atom. The second-order valence-electron chi connectivity index (χ2n) is 6.73. The highest BCUT2D eigenvalue weighted by molar-refractivity contribution is 5.79. The molecule has 0 spiro atoms. The molecule has 1 N–H and O–H groups in total. The normalized spacial score (nSPS) is 15.9. The molecule has 0 amide bonds. The number of ether oxygens (including phenoxy) is 1. The molecule has 0 saturated carbocycles. The van der Waals surface area contributed by atoms with Crippen LogP contribution in [-0.4, -0.2) is 53.4 Å². The van der Waals surface area contributed by atoms with Crippen LogP contribution in [0.1, 0.15) is 24.8 Å². The fraction of sp³-hybridized carbons (Fsp3) is 0.500. The van der Waals surface area contributed by atoms with E-state index in [1.54, 1.807) is 0 Å². The summed E-state index contributed by atoms with van der Waals surface area (Å²) < 4.78 is 8.06. The fourth-order valence-corrected chi connectivity index (χ4v) is 3.24. The second-order valence-corrected chi connectivity index (χ2v) is 6.73. The van der Waals surface area contributed by atoms with Crippen LogP contribution in [-0.2, 0) is 6.54 Å². The van der Waals surface area contributed by atoms with Crippen molar-refractivity contribution in [1.82, 2.24) is 20.0 Å². The van der Waals surface area contributed by atoms with Gasteiger partial charge in [-0.15, -0.1) is 0 Å². The van der Waals surface area contributed by atoms with Gasteiger partial charge in [0.05, 0.1) is 6.20 Å². The van der Waals surface area contributed by atoms with E-state index in [1.807, 2.05) is 48.3 Å². The van der Waals surface area contributed by atoms with Crippen molar-refractivity contribution in [1.29, 1.82) is 0 Å². The SMILES string of the molecule is CN=C(NCCCn1cc(C)cn1)N1CCC(Oc2ccccc2)CC1. The number of guanidine groups is 1. The number of aryl methyl sites for hydroxylation is 2. The summed E-state index contributed by atoms with van der Waals surface area (Å²) in [5.74, 6) is 1.95. The second kappa shape index (κ2) is 9.27. The largest absolute Gasteiger partial charge is 0.490 e. The van der Waals surface area contributed by atoms with E-state index in [-0.39, 0.29) is 6.10 Å². The molecule has 3 rings (SSSR count). The molecule has 2 aromatic rings. The number of piperidine rings is 1. The van der Waals surface area contributed by atoms with Gasteiger partial charge in [0.1, 0.15) is 11.9 Å². The van der Waals surface area contributed by atoms with Crippen molar-refractivity contribution < 1.29 is 4.74 Å². The summed E-state index contributed by atoms with van der Waals surface area (Å²) in [5.41, 5.74) is 1.20. The van der Waals surface area contributed by atoms with Gasteiger partial charge in [-0.25, -0.2) is 0 Å². The van der Waals surface area contributed by atoms with E-state index in [0.717, 1.165) is 57.2 Å². The van der Waals surface area contributed by atoms with Crippen LogP contribution >= 0.6 is 0 Å². The highest BCUT2D eigenvalue weighted by Crippen LogP contribution is 2.18. The van der Waals surface area contributed by atoms with Crippen LogP contribution < -0.4 is 10.1 Å². The van der Waals surface area contributed by atoms with Crippen LogP contribution in [0, 0.1) is 6.92 Å². The summed E-state index contributed by atoms with van der Waals surface area (Å²) >= 11 is 0. The molecule has 140 valence electrons. The first-order valence-electron chi connectivity index (χ1n) is 9.41. The first-order chi connectivity index (χ1) is 12.7. The number of rotatable bonds is 6. The predicted octanol–water partition coefficient (Wildman–Crippen LogP) is 2.70.